The molecule has 1 heteroatoms. The van der Waals surface area contributed by atoms with Gasteiger partial charge < -0.3 is 4.74 Å². The average Bonchev–Trinajstić information content (AvgIpc) is 1.91. The van der Waals surface area contributed by atoms with Crippen LogP contribution >= 0.6 is 0 Å². The van der Waals surface area contributed by atoms with Gasteiger partial charge in [0.1, 0.15) is 0 Å². The molecular weight excluding hydrogens is 88.1 g/mol. The van der Waals surface area contributed by atoms with Gasteiger partial charge in [0.2, 0.25) is 0 Å². The summed E-state index contributed by atoms with van der Waals surface area (Å²) in [6.07, 6.45) is 0. The Labute approximate surface area is 44.0 Å². The summed E-state index contributed by atoms with van der Waals surface area (Å²) in [6.45, 7) is 5.93. The van der Waals surface area contributed by atoms with E-state index >= 15 is 0 Å². The summed E-state index contributed by atoms with van der Waals surface area (Å²) >= 11 is 0. The lowest BCUT2D eigenvalue weighted by Crippen LogP contribution is -1.81. The lowest BCUT2D eigenvalue weighted by Gasteiger charge is -1.84. The first-order valence-corrected chi connectivity index (χ1v) is 2.53. The van der Waals surface area contributed by atoms with Gasteiger partial charge in [0.05, 0.1) is 13.2 Å². The second kappa shape index (κ2) is 1.66. The van der Waals surface area contributed by atoms with Gasteiger partial charge in [-0.1, -0.05) is 0 Å². The van der Waals surface area contributed by atoms with E-state index in [0.29, 0.717) is 0 Å². The molecule has 1 aliphatic rings. The molecule has 1 aliphatic heterocycles. The molecule has 0 fully saturated rings. The highest BCUT2D eigenvalue weighted by Crippen LogP contribution is 2.10. The minimum absolute atomic E-state index is 0.853. The van der Waals surface area contributed by atoms with Crippen LogP contribution in [-0.2, 0) is 4.74 Å². The van der Waals surface area contributed by atoms with Crippen molar-refractivity contribution in [2.75, 3.05) is 13.2 Å². The first-order chi connectivity index (χ1) is 3.30. The maximum Gasteiger partial charge on any atom is 0.0681 e. The van der Waals surface area contributed by atoms with Crippen LogP contribution in [0, 0.1) is 0 Å². The Morgan fingerprint density at radius 3 is 1.71 bits per heavy atom. The standard InChI is InChI=1S/C6H10O/c1-5-3-7-4-6(5)2/h3-4H2,1-2H3. The lowest BCUT2D eigenvalue weighted by atomic mass is 10.2. The van der Waals surface area contributed by atoms with Crippen molar-refractivity contribution >= 4 is 0 Å². The van der Waals surface area contributed by atoms with Crippen LogP contribution in [0.1, 0.15) is 13.8 Å². The van der Waals surface area contributed by atoms with Crippen LogP contribution in [0.5, 0.6) is 0 Å². The normalized spacial score (nSPS) is 21.4. The summed E-state index contributed by atoms with van der Waals surface area (Å²) in [6, 6.07) is 0. The fourth-order valence-corrected chi connectivity index (χ4v) is 0.604. The molecule has 0 saturated carbocycles. The van der Waals surface area contributed by atoms with Crippen molar-refractivity contribution in [3.8, 4) is 0 Å². The van der Waals surface area contributed by atoms with Crippen molar-refractivity contribution < 1.29 is 4.74 Å². The van der Waals surface area contributed by atoms with Crippen LogP contribution in [-0.4, -0.2) is 13.2 Å². The molecule has 0 saturated heterocycles. The van der Waals surface area contributed by atoms with E-state index in [2.05, 4.69) is 13.8 Å². The molecule has 0 aromatic carbocycles. The Morgan fingerprint density at radius 1 is 1.14 bits per heavy atom. The molecule has 40 valence electrons. The number of rotatable bonds is 0. The van der Waals surface area contributed by atoms with Crippen LogP contribution in [0.4, 0.5) is 0 Å². The van der Waals surface area contributed by atoms with Gasteiger partial charge >= 0.3 is 0 Å². The fraction of sp³-hybridized carbons (Fsp3) is 0.667. The van der Waals surface area contributed by atoms with Gasteiger partial charge in [-0.3, -0.25) is 0 Å². The van der Waals surface area contributed by atoms with Crippen LogP contribution in [0.25, 0.3) is 0 Å². The third-order valence-corrected chi connectivity index (χ3v) is 1.37. The SMILES string of the molecule is CC1=C(C)COC1. The van der Waals surface area contributed by atoms with E-state index in [-0.39, 0.29) is 0 Å². The molecule has 1 nitrogen and oxygen atoms in total. The Hall–Kier alpha value is -0.300. The van der Waals surface area contributed by atoms with Gasteiger partial charge in [-0.2, -0.15) is 0 Å². The maximum atomic E-state index is 5.09. The zero-order valence-electron chi connectivity index (χ0n) is 4.82. The molecule has 0 unspecified atom stereocenters. The summed E-state index contributed by atoms with van der Waals surface area (Å²) in [5.41, 5.74) is 2.81. The molecule has 0 aromatic heterocycles. The molecule has 7 heavy (non-hydrogen) atoms. The van der Waals surface area contributed by atoms with E-state index in [1.54, 1.807) is 0 Å². The monoisotopic (exact) mass is 98.1 g/mol. The smallest absolute Gasteiger partial charge is 0.0681 e. The van der Waals surface area contributed by atoms with Crippen LogP contribution in [0.15, 0.2) is 11.1 Å². The van der Waals surface area contributed by atoms with E-state index in [4.69, 9.17) is 4.74 Å². The molecular formula is C6H10O. The van der Waals surface area contributed by atoms with Crippen molar-refractivity contribution in [1.29, 1.82) is 0 Å². The molecule has 0 atom stereocenters. The predicted octanol–water partition coefficient (Wildman–Crippen LogP) is 1.35. The quantitative estimate of drug-likeness (QED) is 0.415. The Morgan fingerprint density at radius 2 is 1.57 bits per heavy atom. The van der Waals surface area contributed by atoms with Crippen molar-refractivity contribution in [1.82, 2.24) is 0 Å². The van der Waals surface area contributed by atoms with Crippen molar-refractivity contribution in [3.63, 3.8) is 0 Å². The molecule has 0 amide bonds. The van der Waals surface area contributed by atoms with Crippen LogP contribution in [0.2, 0.25) is 0 Å². The molecule has 0 N–H and O–H groups in total. The summed E-state index contributed by atoms with van der Waals surface area (Å²) in [5.74, 6) is 0. The van der Waals surface area contributed by atoms with Crippen molar-refractivity contribution in [2.45, 2.75) is 13.8 Å². The fourth-order valence-electron chi connectivity index (χ4n) is 0.604. The van der Waals surface area contributed by atoms with Crippen molar-refractivity contribution in [2.24, 2.45) is 0 Å². The van der Waals surface area contributed by atoms with E-state index in [1.807, 2.05) is 0 Å². The number of ether oxygens (including phenoxy) is 1. The minimum Gasteiger partial charge on any atom is -0.373 e. The Bertz CT molecular complexity index is 90.7. The second-order valence-electron chi connectivity index (χ2n) is 2.05. The van der Waals surface area contributed by atoms with E-state index in [0.717, 1.165) is 13.2 Å². The third-order valence-electron chi connectivity index (χ3n) is 1.37. The largest absolute Gasteiger partial charge is 0.373 e. The molecule has 0 bridgehead atoms. The summed E-state index contributed by atoms with van der Waals surface area (Å²) in [7, 11) is 0. The summed E-state index contributed by atoms with van der Waals surface area (Å²) < 4.78 is 5.09. The highest BCUT2D eigenvalue weighted by Gasteiger charge is 2.03. The number of hydrogen-bond acceptors (Lipinski definition) is 1. The van der Waals surface area contributed by atoms with E-state index < -0.39 is 0 Å². The Kier molecular flexibility index (Phi) is 1.15. The molecule has 0 aliphatic carbocycles. The second-order valence-corrected chi connectivity index (χ2v) is 2.05. The molecule has 1 heterocycles. The van der Waals surface area contributed by atoms with Gasteiger partial charge in [-0.25, -0.2) is 0 Å². The molecule has 0 radical (unpaired) electrons. The van der Waals surface area contributed by atoms with E-state index in [9.17, 15) is 0 Å². The van der Waals surface area contributed by atoms with Gasteiger partial charge in [0, 0.05) is 0 Å². The topological polar surface area (TPSA) is 9.23 Å². The molecule has 1 rings (SSSR count). The highest BCUT2D eigenvalue weighted by molar-refractivity contribution is 5.13. The average molecular weight is 98.1 g/mol. The first-order valence-electron chi connectivity index (χ1n) is 2.53. The maximum absolute atomic E-state index is 5.09. The van der Waals surface area contributed by atoms with Crippen molar-refractivity contribution in [3.05, 3.63) is 11.1 Å². The summed E-state index contributed by atoms with van der Waals surface area (Å²) in [4.78, 5) is 0. The van der Waals surface area contributed by atoms with Gasteiger partial charge in [-0.15, -0.1) is 0 Å². The third kappa shape index (κ3) is 0.829. The zero-order chi connectivity index (χ0) is 5.28. The van der Waals surface area contributed by atoms with E-state index in [1.165, 1.54) is 11.1 Å². The zero-order valence-corrected chi connectivity index (χ0v) is 4.82. The van der Waals surface area contributed by atoms with Crippen LogP contribution < -0.4 is 0 Å². The van der Waals surface area contributed by atoms with Gasteiger partial charge in [-0.05, 0) is 25.0 Å². The van der Waals surface area contributed by atoms with Gasteiger partial charge in [0.15, 0.2) is 0 Å². The number of hydrogen-bond donors (Lipinski definition) is 0. The molecule has 0 aromatic rings. The highest BCUT2D eigenvalue weighted by atomic mass is 16.5. The minimum atomic E-state index is 0.853. The lowest BCUT2D eigenvalue weighted by molar-refractivity contribution is 0.204. The summed E-state index contributed by atoms with van der Waals surface area (Å²) in [5, 5.41) is 0. The molecule has 0 spiro atoms. The van der Waals surface area contributed by atoms with Gasteiger partial charge in [0.25, 0.3) is 0 Å². The first kappa shape index (κ1) is 4.85. The Balaban J connectivity index is 2.64. The predicted molar refractivity (Wildman–Crippen MR) is 29.2 cm³/mol. The van der Waals surface area contributed by atoms with Crippen LogP contribution in [0.3, 0.4) is 0 Å².